The Labute approximate surface area is 126 Å². The first kappa shape index (κ1) is 17.2. The van der Waals surface area contributed by atoms with Crippen molar-refractivity contribution in [3.05, 3.63) is 34.9 Å². The quantitative estimate of drug-likeness (QED) is 0.528. The van der Waals surface area contributed by atoms with Crippen LogP contribution in [0.4, 0.5) is 0 Å². The summed E-state index contributed by atoms with van der Waals surface area (Å²) in [6.07, 6.45) is 3.19. The summed E-state index contributed by atoms with van der Waals surface area (Å²) in [6.45, 7) is 6.39. The van der Waals surface area contributed by atoms with Crippen LogP contribution in [0, 0.1) is 0 Å². The molecule has 0 aromatic heterocycles. The monoisotopic (exact) mass is 297 g/mol. The molecule has 0 aliphatic heterocycles. The van der Waals surface area contributed by atoms with Gasteiger partial charge in [-0.1, -0.05) is 24.9 Å². The largest absolute Gasteiger partial charge is 0.381 e. The van der Waals surface area contributed by atoms with Crippen LogP contribution in [0.15, 0.2) is 24.3 Å². The number of ether oxygens (including phenoxy) is 1. The number of hydrogen-bond acceptors (Lipinski definition) is 3. The highest BCUT2D eigenvalue weighted by Gasteiger charge is 2.13. The minimum atomic E-state index is -0.188. The fourth-order valence-corrected chi connectivity index (χ4v) is 1.92. The topological polar surface area (TPSA) is 38.3 Å². The second kappa shape index (κ2) is 9.92. The molecule has 112 valence electrons. The maximum atomic E-state index is 12.1. The van der Waals surface area contributed by atoms with E-state index in [1.54, 1.807) is 24.3 Å². The van der Waals surface area contributed by atoms with Gasteiger partial charge in [0, 0.05) is 23.8 Å². The normalized spacial score (nSPS) is 12.3. The van der Waals surface area contributed by atoms with Crippen LogP contribution in [0.25, 0.3) is 0 Å². The van der Waals surface area contributed by atoms with Gasteiger partial charge in [0.2, 0.25) is 0 Å². The molecular formula is C16H24ClNO2. The number of carbonyl (C=O) groups excluding carboxylic acids is 1. The van der Waals surface area contributed by atoms with Crippen molar-refractivity contribution < 1.29 is 9.53 Å². The summed E-state index contributed by atoms with van der Waals surface area (Å²) in [5, 5.41) is 3.87. The predicted molar refractivity (Wildman–Crippen MR) is 83.6 cm³/mol. The van der Waals surface area contributed by atoms with Crippen molar-refractivity contribution in [1.82, 2.24) is 5.32 Å². The first-order valence-corrected chi connectivity index (χ1v) is 7.64. The lowest BCUT2D eigenvalue weighted by molar-refractivity contribution is 0.0944. The summed E-state index contributed by atoms with van der Waals surface area (Å²) in [7, 11) is 0. The molecule has 0 fully saturated rings. The Bertz CT molecular complexity index is 392. The van der Waals surface area contributed by atoms with Crippen molar-refractivity contribution in [1.29, 1.82) is 0 Å². The zero-order valence-electron chi connectivity index (χ0n) is 12.3. The maximum Gasteiger partial charge on any atom is 0.179 e. The minimum absolute atomic E-state index is 0.0913. The second-order valence-electron chi connectivity index (χ2n) is 4.87. The number of nitrogens with one attached hydrogen (secondary N) is 1. The summed E-state index contributed by atoms with van der Waals surface area (Å²) in [5.41, 5.74) is 0.689. The zero-order valence-corrected chi connectivity index (χ0v) is 13.1. The van der Waals surface area contributed by atoms with Crippen LogP contribution in [-0.2, 0) is 4.74 Å². The van der Waals surface area contributed by atoms with Gasteiger partial charge in [0.1, 0.15) is 0 Å². The molecule has 0 aliphatic rings. The summed E-state index contributed by atoms with van der Waals surface area (Å²) >= 11 is 5.81. The molecule has 0 spiro atoms. The molecule has 1 atom stereocenters. The molecule has 0 radical (unpaired) electrons. The maximum absolute atomic E-state index is 12.1. The summed E-state index contributed by atoms with van der Waals surface area (Å²) < 4.78 is 5.47. The van der Waals surface area contributed by atoms with Crippen LogP contribution in [0.5, 0.6) is 0 Å². The third-order valence-corrected chi connectivity index (χ3v) is 3.33. The lowest BCUT2D eigenvalue weighted by Gasteiger charge is -2.13. The number of halogens is 1. The Hall–Kier alpha value is -0.900. The number of Topliss-reactive ketones (excluding diaryl/α,β-unsaturated/α-hetero) is 1. The molecule has 1 aromatic carbocycles. The summed E-state index contributed by atoms with van der Waals surface area (Å²) in [5.74, 6) is 0.0913. The van der Waals surface area contributed by atoms with Crippen molar-refractivity contribution in [3.8, 4) is 0 Å². The Morgan fingerprint density at radius 2 is 1.90 bits per heavy atom. The SMILES string of the molecule is CCCCOCCCNC(C)C(=O)c1ccc(Cl)cc1. The number of carbonyl (C=O) groups is 1. The van der Waals surface area contributed by atoms with Gasteiger partial charge in [-0.3, -0.25) is 4.79 Å². The van der Waals surface area contributed by atoms with E-state index in [0.29, 0.717) is 10.6 Å². The second-order valence-corrected chi connectivity index (χ2v) is 5.30. The Morgan fingerprint density at radius 1 is 1.25 bits per heavy atom. The van der Waals surface area contributed by atoms with Gasteiger partial charge in [-0.25, -0.2) is 0 Å². The molecule has 0 aliphatic carbocycles. The first-order chi connectivity index (χ1) is 9.65. The van der Waals surface area contributed by atoms with Gasteiger partial charge in [0.15, 0.2) is 5.78 Å². The summed E-state index contributed by atoms with van der Waals surface area (Å²) in [4.78, 5) is 12.1. The van der Waals surface area contributed by atoms with Crippen LogP contribution >= 0.6 is 11.6 Å². The fraction of sp³-hybridized carbons (Fsp3) is 0.562. The average Bonchev–Trinajstić information content (AvgIpc) is 2.46. The van der Waals surface area contributed by atoms with Crippen molar-refractivity contribution >= 4 is 17.4 Å². The Kier molecular flexibility index (Phi) is 8.51. The Morgan fingerprint density at radius 3 is 2.55 bits per heavy atom. The number of ketones is 1. The molecule has 1 rings (SSSR count). The van der Waals surface area contributed by atoms with Crippen molar-refractivity contribution in [2.75, 3.05) is 19.8 Å². The standard InChI is InChI=1S/C16H24ClNO2/c1-3-4-11-20-12-5-10-18-13(2)16(19)14-6-8-15(17)9-7-14/h6-9,13,18H,3-5,10-12H2,1-2H3. The van der Waals surface area contributed by atoms with E-state index in [0.717, 1.165) is 39.0 Å². The first-order valence-electron chi connectivity index (χ1n) is 7.26. The highest BCUT2D eigenvalue weighted by molar-refractivity contribution is 6.30. The predicted octanol–water partition coefficient (Wildman–Crippen LogP) is 3.71. The number of hydrogen-bond donors (Lipinski definition) is 1. The zero-order chi connectivity index (χ0) is 14.8. The Balaban J connectivity index is 2.20. The highest BCUT2D eigenvalue weighted by Crippen LogP contribution is 2.11. The molecular weight excluding hydrogens is 274 g/mol. The lowest BCUT2D eigenvalue weighted by atomic mass is 10.1. The molecule has 0 saturated carbocycles. The van der Waals surface area contributed by atoms with Crippen molar-refractivity contribution in [3.63, 3.8) is 0 Å². The van der Waals surface area contributed by atoms with Crippen molar-refractivity contribution in [2.24, 2.45) is 0 Å². The van der Waals surface area contributed by atoms with Crippen LogP contribution < -0.4 is 5.32 Å². The number of rotatable bonds is 10. The van der Waals surface area contributed by atoms with E-state index in [2.05, 4.69) is 12.2 Å². The van der Waals surface area contributed by atoms with Crippen LogP contribution in [0.1, 0.15) is 43.5 Å². The lowest BCUT2D eigenvalue weighted by Crippen LogP contribution is -2.35. The molecule has 0 saturated heterocycles. The van der Waals surface area contributed by atoms with E-state index in [9.17, 15) is 4.79 Å². The molecule has 1 aromatic rings. The molecule has 0 heterocycles. The van der Waals surface area contributed by atoms with Gasteiger partial charge < -0.3 is 10.1 Å². The molecule has 4 heteroatoms. The average molecular weight is 298 g/mol. The molecule has 0 amide bonds. The van der Waals surface area contributed by atoms with Gasteiger partial charge in [0.25, 0.3) is 0 Å². The van der Waals surface area contributed by atoms with Crippen LogP contribution in [0.3, 0.4) is 0 Å². The van der Waals surface area contributed by atoms with E-state index >= 15 is 0 Å². The number of unbranched alkanes of at least 4 members (excludes halogenated alkanes) is 1. The van der Waals surface area contributed by atoms with E-state index in [4.69, 9.17) is 16.3 Å². The van der Waals surface area contributed by atoms with Crippen LogP contribution in [0.2, 0.25) is 5.02 Å². The van der Waals surface area contributed by atoms with Crippen molar-refractivity contribution in [2.45, 2.75) is 39.2 Å². The van der Waals surface area contributed by atoms with Gasteiger partial charge in [-0.05, 0) is 50.6 Å². The summed E-state index contributed by atoms with van der Waals surface area (Å²) in [6, 6.07) is 6.81. The molecule has 20 heavy (non-hydrogen) atoms. The molecule has 0 bridgehead atoms. The van der Waals surface area contributed by atoms with Gasteiger partial charge in [0.05, 0.1) is 6.04 Å². The van der Waals surface area contributed by atoms with Gasteiger partial charge >= 0.3 is 0 Å². The third-order valence-electron chi connectivity index (χ3n) is 3.08. The smallest absolute Gasteiger partial charge is 0.179 e. The number of benzene rings is 1. The minimum Gasteiger partial charge on any atom is -0.381 e. The van der Waals surface area contributed by atoms with Gasteiger partial charge in [-0.15, -0.1) is 0 Å². The molecule has 3 nitrogen and oxygen atoms in total. The van der Waals surface area contributed by atoms with E-state index < -0.39 is 0 Å². The van der Waals surface area contributed by atoms with E-state index in [1.165, 1.54) is 0 Å². The van der Waals surface area contributed by atoms with Gasteiger partial charge in [-0.2, -0.15) is 0 Å². The van der Waals surface area contributed by atoms with Crippen LogP contribution in [-0.4, -0.2) is 31.6 Å². The molecule has 1 N–H and O–H groups in total. The highest BCUT2D eigenvalue weighted by atomic mass is 35.5. The van der Waals surface area contributed by atoms with E-state index in [-0.39, 0.29) is 11.8 Å². The van der Waals surface area contributed by atoms with E-state index in [1.807, 2.05) is 6.92 Å². The third kappa shape index (κ3) is 6.51. The fourth-order valence-electron chi connectivity index (χ4n) is 1.80. The molecule has 1 unspecified atom stereocenters.